The van der Waals surface area contributed by atoms with E-state index in [4.69, 9.17) is 11.6 Å². The number of nitro groups is 1. The maximum atomic E-state index is 12.6. The highest BCUT2D eigenvalue weighted by molar-refractivity contribution is 6.18. The molecule has 0 fully saturated rings. The quantitative estimate of drug-likeness (QED) is 0.442. The number of carbonyl (C=O) groups is 1. The number of alkyl halides is 1. The number of amides is 1. The van der Waals surface area contributed by atoms with Crippen LogP contribution in [-0.4, -0.2) is 38.8 Å². The normalized spacial score (nSPS) is 10.8. The van der Waals surface area contributed by atoms with Crippen LogP contribution in [0.1, 0.15) is 37.2 Å². The van der Waals surface area contributed by atoms with E-state index in [1.807, 2.05) is 13.8 Å². The van der Waals surface area contributed by atoms with Gasteiger partial charge in [0.1, 0.15) is 5.69 Å². The highest BCUT2D eigenvalue weighted by atomic mass is 35.5. The van der Waals surface area contributed by atoms with Gasteiger partial charge in [0.05, 0.1) is 11.1 Å². The number of halogens is 1. The summed E-state index contributed by atoms with van der Waals surface area (Å²) in [6.07, 6.45) is 3.00. The molecule has 0 radical (unpaired) electrons. The molecule has 1 rings (SSSR count). The zero-order valence-corrected chi connectivity index (χ0v) is 12.8. The van der Waals surface area contributed by atoms with Gasteiger partial charge in [0.15, 0.2) is 0 Å². The molecule has 1 aromatic heterocycles. The lowest BCUT2D eigenvalue weighted by atomic mass is 10.1. The molecule has 0 aromatic carbocycles. The van der Waals surface area contributed by atoms with Gasteiger partial charge >= 0.3 is 0 Å². The molecule has 0 saturated carbocycles. The molecule has 0 aliphatic rings. The molecule has 1 aromatic rings. The first-order valence-electron chi connectivity index (χ1n) is 6.63. The maximum Gasteiger partial charge on any atom is 0.287 e. The SMILES string of the molecule is CCC(CC)N(CCCl)C(=O)c1cc([N+](=O)[O-])cn1C. The number of carbonyl (C=O) groups excluding carboxylic acids is 1. The first-order valence-corrected chi connectivity index (χ1v) is 7.17. The van der Waals surface area contributed by atoms with Gasteiger partial charge in [0.25, 0.3) is 11.6 Å². The van der Waals surface area contributed by atoms with Crippen LogP contribution < -0.4 is 0 Å². The van der Waals surface area contributed by atoms with Crippen molar-refractivity contribution < 1.29 is 9.72 Å². The second-order valence-corrected chi connectivity index (χ2v) is 4.99. The zero-order chi connectivity index (χ0) is 15.3. The highest BCUT2D eigenvalue weighted by Crippen LogP contribution is 2.19. The molecule has 0 unspecified atom stereocenters. The minimum Gasteiger partial charge on any atom is -0.340 e. The van der Waals surface area contributed by atoms with E-state index in [1.54, 1.807) is 11.9 Å². The lowest BCUT2D eigenvalue weighted by molar-refractivity contribution is -0.384. The first kappa shape index (κ1) is 16.5. The standard InChI is InChI=1S/C13H20ClN3O3/c1-4-10(5-2)16(7-6-14)13(18)12-8-11(17(19)20)9-15(12)3/h8-10H,4-7H2,1-3H3. The van der Waals surface area contributed by atoms with Crippen LogP contribution in [0.5, 0.6) is 0 Å². The Labute approximate surface area is 123 Å². The van der Waals surface area contributed by atoms with Crippen molar-refractivity contribution in [3.63, 3.8) is 0 Å². The monoisotopic (exact) mass is 301 g/mol. The molecule has 0 spiro atoms. The average Bonchev–Trinajstić information content (AvgIpc) is 2.80. The Balaban J connectivity index is 3.08. The lowest BCUT2D eigenvalue weighted by Gasteiger charge is -2.30. The smallest absolute Gasteiger partial charge is 0.287 e. The van der Waals surface area contributed by atoms with Gasteiger partial charge in [-0.3, -0.25) is 14.9 Å². The van der Waals surface area contributed by atoms with Crippen molar-refractivity contribution in [2.45, 2.75) is 32.7 Å². The summed E-state index contributed by atoms with van der Waals surface area (Å²) in [5.74, 6) is 0.129. The van der Waals surface area contributed by atoms with E-state index in [0.717, 1.165) is 12.8 Å². The third kappa shape index (κ3) is 3.50. The van der Waals surface area contributed by atoms with Crippen molar-refractivity contribution in [3.05, 3.63) is 28.1 Å². The van der Waals surface area contributed by atoms with Crippen molar-refractivity contribution in [3.8, 4) is 0 Å². The van der Waals surface area contributed by atoms with E-state index < -0.39 is 4.92 Å². The first-order chi connectivity index (χ1) is 9.46. The van der Waals surface area contributed by atoms with E-state index in [1.165, 1.54) is 16.8 Å². The third-order valence-corrected chi connectivity index (χ3v) is 3.56. The van der Waals surface area contributed by atoms with Crippen LogP contribution >= 0.6 is 11.6 Å². The fourth-order valence-electron chi connectivity index (χ4n) is 2.28. The molecular weight excluding hydrogens is 282 g/mol. The Morgan fingerprint density at radius 1 is 1.50 bits per heavy atom. The molecule has 112 valence electrons. The van der Waals surface area contributed by atoms with Crippen molar-refractivity contribution in [1.29, 1.82) is 0 Å². The Morgan fingerprint density at radius 3 is 2.50 bits per heavy atom. The van der Waals surface area contributed by atoms with Crippen molar-refractivity contribution in [1.82, 2.24) is 9.47 Å². The summed E-state index contributed by atoms with van der Waals surface area (Å²) in [7, 11) is 1.63. The van der Waals surface area contributed by atoms with Gasteiger partial charge in [0.2, 0.25) is 0 Å². The van der Waals surface area contributed by atoms with Crippen LogP contribution in [0.15, 0.2) is 12.3 Å². The number of aromatic nitrogens is 1. The minimum atomic E-state index is -0.500. The Hall–Kier alpha value is -1.56. The molecule has 20 heavy (non-hydrogen) atoms. The minimum absolute atomic E-state index is 0.0776. The molecule has 0 bridgehead atoms. The lowest BCUT2D eigenvalue weighted by Crippen LogP contribution is -2.41. The molecule has 0 saturated heterocycles. The fraction of sp³-hybridized carbons (Fsp3) is 0.615. The summed E-state index contributed by atoms with van der Waals surface area (Å²) in [4.78, 5) is 24.6. The van der Waals surface area contributed by atoms with Gasteiger partial charge in [0, 0.05) is 31.6 Å². The van der Waals surface area contributed by atoms with E-state index in [-0.39, 0.29) is 17.6 Å². The van der Waals surface area contributed by atoms with Gasteiger partial charge in [-0.1, -0.05) is 13.8 Å². The number of rotatable bonds is 7. The number of hydrogen-bond acceptors (Lipinski definition) is 3. The summed E-state index contributed by atoms with van der Waals surface area (Å²) in [5.41, 5.74) is 0.236. The molecule has 0 aliphatic heterocycles. The van der Waals surface area contributed by atoms with E-state index in [9.17, 15) is 14.9 Å². The molecule has 0 aliphatic carbocycles. The Kier molecular flexibility index (Phi) is 6.01. The van der Waals surface area contributed by atoms with Crippen LogP contribution in [0.4, 0.5) is 5.69 Å². The molecule has 0 atom stereocenters. The van der Waals surface area contributed by atoms with Crippen molar-refractivity contribution >= 4 is 23.2 Å². The van der Waals surface area contributed by atoms with Crippen LogP contribution in [0.25, 0.3) is 0 Å². The summed E-state index contributed by atoms with van der Waals surface area (Å²) >= 11 is 5.77. The Bertz CT molecular complexity index is 483. The average molecular weight is 302 g/mol. The predicted octanol–water partition coefficient (Wildman–Crippen LogP) is 2.80. The molecule has 1 heterocycles. The number of nitrogens with zero attached hydrogens (tertiary/aromatic N) is 3. The summed E-state index contributed by atoms with van der Waals surface area (Å²) in [6, 6.07) is 1.40. The van der Waals surface area contributed by atoms with Crippen LogP contribution in [0, 0.1) is 10.1 Å². The maximum absolute atomic E-state index is 12.6. The largest absolute Gasteiger partial charge is 0.340 e. The second kappa shape index (κ2) is 7.28. The van der Waals surface area contributed by atoms with E-state index >= 15 is 0 Å². The summed E-state index contributed by atoms with van der Waals surface area (Å²) < 4.78 is 1.49. The van der Waals surface area contributed by atoms with Crippen LogP contribution in [0.2, 0.25) is 0 Å². The van der Waals surface area contributed by atoms with Crippen LogP contribution in [-0.2, 0) is 7.05 Å². The zero-order valence-electron chi connectivity index (χ0n) is 12.0. The topological polar surface area (TPSA) is 68.4 Å². The highest BCUT2D eigenvalue weighted by Gasteiger charge is 2.26. The van der Waals surface area contributed by atoms with Gasteiger partial charge in [-0.15, -0.1) is 11.6 Å². The Morgan fingerprint density at radius 2 is 2.10 bits per heavy atom. The van der Waals surface area contributed by atoms with Gasteiger partial charge in [-0.2, -0.15) is 0 Å². The molecule has 7 heteroatoms. The van der Waals surface area contributed by atoms with E-state index in [2.05, 4.69) is 0 Å². The summed E-state index contributed by atoms with van der Waals surface area (Å²) in [6.45, 7) is 4.46. The predicted molar refractivity (Wildman–Crippen MR) is 78.2 cm³/mol. The third-order valence-electron chi connectivity index (χ3n) is 3.39. The molecule has 0 N–H and O–H groups in total. The van der Waals surface area contributed by atoms with Crippen molar-refractivity contribution in [2.75, 3.05) is 12.4 Å². The molecular formula is C13H20ClN3O3. The van der Waals surface area contributed by atoms with Crippen molar-refractivity contribution in [2.24, 2.45) is 7.05 Å². The van der Waals surface area contributed by atoms with Crippen LogP contribution in [0.3, 0.4) is 0 Å². The summed E-state index contributed by atoms with van der Waals surface area (Å²) in [5, 5.41) is 10.8. The second-order valence-electron chi connectivity index (χ2n) is 4.61. The van der Waals surface area contributed by atoms with Gasteiger partial charge < -0.3 is 9.47 Å². The van der Waals surface area contributed by atoms with Gasteiger partial charge in [-0.05, 0) is 12.8 Å². The fourth-order valence-corrected chi connectivity index (χ4v) is 2.46. The number of aryl methyl sites for hydroxylation is 1. The molecule has 1 amide bonds. The van der Waals surface area contributed by atoms with E-state index in [0.29, 0.717) is 18.1 Å². The molecule has 6 nitrogen and oxygen atoms in total. The van der Waals surface area contributed by atoms with Gasteiger partial charge in [-0.25, -0.2) is 0 Å². The number of hydrogen-bond donors (Lipinski definition) is 0.